The molecule has 0 rings (SSSR count). The first kappa shape index (κ1) is 34.0. The molecular weight excluding hydrogens is 426 g/mol. The molecule has 0 aliphatic heterocycles. The molecule has 0 saturated carbocycles. The lowest BCUT2D eigenvalue weighted by Gasteiger charge is -2.32. The van der Waals surface area contributed by atoms with E-state index in [4.69, 9.17) is 5.11 Å². The quantitative estimate of drug-likeness (QED) is 0.0862. The maximum absolute atomic E-state index is 9.45. The first-order chi connectivity index (χ1) is 15.2. The monoisotopic (exact) mass is 481 g/mol. The average Bonchev–Trinajstić information content (AvgIpc) is 2.73. The van der Waals surface area contributed by atoms with Gasteiger partial charge in [0.25, 0.3) is 0 Å². The van der Waals surface area contributed by atoms with Gasteiger partial charge in [0.05, 0.1) is 33.4 Å². The normalized spacial score (nSPS) is 13.4. The minimum Gasteiger partial charge on any atom is -0.726 e. The highest BCUT2D eigenvalue weighted by molar-refractivity contribution is 7.80. The number of hydrogen-bond donors (Lipinski definition) is 1. The summed E-state index contributed by atoms with van der Waals surface area (Å²) in [6.07, 6.45) is 22.9. The molecule has 32 heavy (non-hydrogen) atoms. The molecule has 0 radical (unpaired) electrons. The minimum absolute atomic E-state index is 0.0914. The van der Waals surface area contributed by atoms with Gasteiger partial charge in [0, 0.05) is 0 Å². The number of nitrogens with zero attached hydrogens (tertiary/aromatic N) is 1. The predicted octanol–water partition coefficient (Wildman–Crippen LogP) is 6.19. The van der Waals surface area contributed by atoms with Crippen LogP contribution >= 0.6 is 0 Å². The number of likely N-dealkylation sites (N-methyl/N-ethyl adjacent to an activating group) is 1. The fourth-order valence-electron chi connectivity index (χ4n) is 3.86. The molecule has 0 spiro atoms. The van der Waals surface area contributed by atoms with Crippen LogP contribution in [-0.4, -0.2) is 62.5 Å². The molecule has 0 aromatic carbocycles. The Kier molecular flexibility index (Phi) is 25.4. The lowest BCUT2D eigenvalue weighted by molar-refractivity contribution is -0.908. The molecule has 1 atom stereocenters. The van der Waals surface area contributed by atoms with Gasteiger partial charge in [0.1, 0.15) is 6.54 Å². The highest BCUT2D eigenvalue weighted by Crippen LogP contribution is 2.14. The van der Waals surface area contributed by atoms with Gasteiger partial charge in [0.15, 0.2) is 0 Å². The van der Waals surface area contributed by atoms with Crippen molar-refractivity contribution >= 4 is 10.4 Å². The summed E-state index contributed by atoms with van der Waals surface area (Å²) in [4.78, 5) is 0. The van der Waals surface area contributed by atoms with Crippen LogP contribution in [0.25, 0.3) is 0 Å². The first-order valence-corrected chi connectivity index (χ1v) is 14.6. The van der Waals surface area contributed by atoms with Crippen LogP contribution in [0, 0.1) is 0 Å². The number of aliphatic hydroxyl groups is 1. The Morgan fingerprint density at radius 3 is 1.31 bits per heavy atom. The van der Waals surface area contributed by atoms with Gasteiger partial charge in [-0.25, -0.2) is 8.42 Å². The zero-order valence-electron chi connectivity index (χ0n) is 21.8. The molecular formula is C25H55NO5S. The summed E-state index contributed by atoms with van der Waals surface area (Å²) < 4.78 is 33.0. The van der Waals surface area contributed by atoms with Gasteiger partial charge in [-0.3, -0.25) is 4.18 Å². The highest BCUT2D eigenvalue weighted by Gasteiger charge is 2.17. The van der Waals surface area contributed by atoms with Crippen LogP contribution in [0.2, 0.25) is 0 Å². The summed E-state index contributed by atoms with van der Waals surface area (Å²) in [6.45, 7) is 9.47. The Morgan fingerprint density at radius 2 is 1.06 bits per heavy atom. The molecule has 0 aliphatic rings. The lowest BCUT2D eigenvalue weighted by Crippen LogP contribution is -2.46. The van der Waals surface area contributed by atoms with Crippen molar-refractivity contribution in [1.29, 1.82) is 0 Å². The van der Waals surface area contributed by atoms with Crippen molar-refractivity contribution in [1.82, 2.24) is 0 Å². The summed E-state index contributed by atoms with van der Waals surface area (Å²) in [7, 11) is -2.14. The van der Waals surface area contributed by atoms with Crippen molar-refractivity contribution in [2.24, 2.45) is 0 Å². The molecule has 196 valence electrons. The SMILES string of the molecule is CCCCCCCCCCCCCCCCCC[N+](C)(CC)CCO.CCOS(=O)(=O)[O-]. The van der Waals surface area contributed by atoms with E-state index in [2.05, 4.69) is 25.1 Å². The fourth-order valence-corrected chi connectivity index (χ4v) is 4.14. The van der Waals surface area contributed by atoms with Gasteiger partial charge in [-0.2, -0.15) is 0 Å². The maximum Gasteiger partial charge on any atom is 0.217 e. The first-order valence-electron chi connectivity index (χ1n) is 13.3. The standard InChI is InChI=1S/C23H50NO.C2H6O4S/c1-4-6-7-8-9-10-11-12-13-14-15-16-17-18-19-20-21-24(3,5-2)22-23-25;1-2-6-7(3,4)5/h25H,4-23H2,1-3H3;2H2,1H3,(H,3,4,5)/q+1;/p-1. The molecule has 0 saturated heterocycles. The van der Waals surface area contributed by atoms with Gasteiger partial charge < -0.3 is 14.1 Å². The van der Waals surface area contributed by atoms with E-state index in [1.807, 2.05) is 0 Å². The molecule has 1 N–H and O–H groups in total. The van der Waals surface area contributed by atoms with E-state index in [1.54, 1.807) is 0 Å². The van der Waals surface area contributed by atoms with Crippen LogP contribution in [0.5, 0.6) is 0 Å². The Labute approximate surface area is 200 Å². The van der Waals surface area contributed by atoms with Crippen LogP contribution in [0.4, 0.5) is 0 Å². The van der Waals surface area contributed by atoms with Crippen molar-refractivity contribution < 1.29 is 26.7 Å². The third-order valence-corrected chi connectivity index (χ3v) is 6.74. The predicted molar refractivity (Wildman–Crippen MR) is 134 cm³/mol. The number of quaternary nitrogens is 1. The van der Waals surface area contributed by atoms with Crippen molar-refractivity contribution in [3.63, 3.8) is 0 Å². The molecule has 7 heteroatoms. The highest BCUT2D eigenvalue weighted by atomic mass is 32.3. The Hall–Kier alpha value is -0.210. The zero-order chi connectivity index (χ0) is 24.6. The van der Waals surface area contributed by atoms with Crippen LogP contribution in [0.3, 0.4) is 0 Å². The van der Waals surface area contributed by atoms with E-state index in [1.165, 1.54) is 116 Å². The summed E-state index contributed by atoms with van der Waals surface area (Å²) >= 11 is 0. The van der Waals surface area contributed by atoms with E-state index in [-0.39, 0.29) is 6.61 Å². The summed E-state index contributed by atoms with van der Waals surface area (Å²) in [5, 5.41) is 9.15. The molecule has 0 bridgehead atoms. The van der Waals surface area contributed by atoms with Gasteiger partial charge >= 0.3 is 0 Å². The van der Waals surface area contributed by atoms with E-state index >= 15 is 0 Å². The van der Waals surface area contributed by atoms with Crippen LogP contribution < -0.4 is 0 Å². The lowest BCUT2D eigenvalue weighted by atomic mass is 10.0. The number of aliphatic hydroxyl groups excluding tert-OH is 1. The second-order valence-electron chi connectivity index (χ2n) is 9.22. The number of rotatable bonds is 22. The topological polar surface area (TPSA) is 86.7 Å². The van der Waals surface area contributed by atoms with Crippen LogP contribution in [0.15, 0.2) is 0 Å². The van der Waals surface area contributed by atoms with E-state index in [9.17, 15) is 13.0 Å². The third-order valence-electron chi connectivity index (χ3n) is 6.22. The average molecular weight is 482 g/mol. The smallest absolute Gasteiger partial charge is 0.217 e. The van der Waals surface area contributed by atoms with E-state index in [0.29, 0.717) is 6.61 Å². The van der Waals surface area contributed by atoms with Crippen LogP contribution in [-0.2, 0) is 14.6 Å². The van der Waals surface area contributed by atoms with Crippen LogP contribution in [0.1, 0.15) is 124 Å². The van der Waals surface area contributed by atoms with Crippen molar-refractivity contribution in [2.75, 3.05) is 39.9 Å². The molecule has 0 heterocycles. The Bertz CT molecular complexity index is 473. The number of hydrogen-bond acceptors (Lipinski definition) is 5. The van der Waals surface area contributed by atoms with Gasteiger partial charge in [-0.15, -0.1) is 0 Å². The second kappa shape index (κ2) is 23.9. The summed E-state index contributed by atoms with van der Waals surface area (Å²) in [5.41, 5.74) is 0. The van der Waals surface area contributed by atoms with E-state index < -0.39 is 10.4 Å². The van der Waals surface area contributed by atoms with Gasteiger partial charge in [-0.1, -0.05) is 96.8 Å². The molecule has 0 fully saturated rings. The second-order valence-corrected chi connectivity index (χ2v) is 10.3. The molecule has 6 nitrogen and oxygen atoms in total. The Balaban J connectivity index is 0. The molecule has 0 aromatic rings. The van der Waals surface area contributed by atoms with Crippen molar-refractivity contribution in [3.05, 3.63) is 0 Å². The Morgan fingerprint density at radius 1 is 0.688 bits per heavy atom. The molecule has 0 aromatic heterocycles. The maximum atomic E-state index is 9.45. The van der Waals surface area contributed by atoms with Crippen molar-refractivity contribution in [2.45, 2.75) is 124 Å². The molecule has 1 unspecified atom stereocenters. The minimum atomic E-state index is -4.42. The summed E-state index contributed by atoms with van der Waals surface area (Å²) in [6, 6.07) is 0. The number of unbranched alkanes of at least 4 members (excludes halogenated alkanes) is 15. The molecule has 0 aliphatic carbocycles. The third kappa shape index (κ3) is 27.8. The van der Waals surface area contributed by atoms with Gasteiger partial charge in [-0.05, 0) is 26.7 Å². The van der Waals surface area contributed by atoms with E-state index in [0.717, 1.165) is 17.6 Å². The largest absolute Gasteiger partial charge is 0.726 e. The summed E-state index contributed by atoms with van der Waals surface area (Å²) in [5.74, 6) is 0. The molecule has 0 amide bonds. The fraction of sp³-hybridized carbons (Fsp3) is 1.00. The zero-order valence-corrected chi connectivity index (χ0v) is 22.6. The van der Waals surface area contributed by atoms with Crippen molar-refractivity contribution in [3.8, 4) is 0 Å². The van der Waals surface area contributed by atoms with Gasteiger partial charge in [0.2, 0.25) is 10.4 Å².